The molecule has 6 aliphatic carbocycles. The zero-order valence-corrected chi connectivity index (χ0v) is 19.0. The Bertz CT molecular complexity index is 805. The largest absolute Gasteiger partial charge is 0.673 e. The van der Waals surface area contributed by atoms with E-state index in [1.54, 1.807) is 11.4 Å². The van der Waals surface area contributed by atoms with Crippen molar-refractivity contribution < 1.29 is 21.8 Å². The van der Waals surface area contributed by atoms with Gasteiger partial charge in [0.25, 0.3) is 0 Å². The van der Waals surface area contributed by atoms with Gasteiger partial charge in [-0.3, -0.25) is 0 Å². The van der Waals surface area contributed by atoms with E-state index in [2.05, 4.69) is 69.5 Å². The first kappa shape index (κ1) is 21.9. The monoisotopic (exact) mass is 426 g/mol. The fourth-order valence-corrected chi connectivity index (χ4v) is 6.99. The first-order valence-corrected chi connectivity index (χ1v) is 11.4. The molecule has 6 unspecified atom stereocenters. The van der Waals surface area contributed by atoms with Crippen molar-refractivity contribution in [3.8, 4) is 0 Å². The maximum atomic E-state index is 9.75. The Hall–Kier alpha value is -1.27. The van der Waals surface area contributed by atoms with Crippen LogP contribution in [0.2, 0.25) is 0 Å². The molecule has 0 N–H and O–H groups in total. The second-order valence-corrected chi connectivity index (χ2v) is 11.3. The van der Waals surface area contributed by atoms with Gasteiger partial charge >= 0.3 is 7.25 Å². The van der Waals surface area contributed by atoms with E-state index in [0.717, 1.165) is 23.7 Å². The van der Waals surface area contributed by atoms with Crippen LogP contribution < -0.4 is 0 Å². The Morgan fingerprint density at radius 1 is 0.900 bits per heavy atom. The molecule has 2 fully saturated rings. The van der Waals surface area contributed by atoms with E-state index in [1.807, 2.05) is 0 Å². The van der Waals surface area contributed by atoms with E-state index in [4.69, 9.17) is 0 Å². The quantitative estimate of drug-likeness (QED) is 0.297. The fourth-order valence-electron chi connectivity index (χ4n) is 6.99. The molecule has 2 saturated carbocycles. The minimum absolute atomic E-state index is 0.523. The third kappa shape index (κ3) is 3.44. The van der Waals surface area contributed by atoms with Crippen LogP contribution in [0, 0.1) is 46.3 Å². The molecule has 1 heterocycles. The van der Waals surface area contributed by atoms with Crippen molar-refractivity contribution in [2.45, 2.75) is 54.4 Å². The standard InChI is InChI=1S/C23H35N2.BF4/c1-14-18-9-16(22(18,3)4)11-20(14)24-7-8-25(13-24)21-12-17-10-19(15(21)2)23(17,5)6;2-1(3,4)5/h11-19H,7-10H2,1-6H3;/q+1;-1. The molecule has 0 aromatic rings. The van der Waals surface area contributed by atoms with E-state index >= 15 is 0 Å². The van der Waals surface area contributed by atoms with Crippen molar-refractivity contribution >= 4 is 13.6 Å². The molecule has 7 heteroatoms. The van der Waals surface area contributed by atoms with Crippen LogP contribution >= 0.6 is 0 Å². The molecule has 0 spiro atoms. The van der Waals surface area contributed by atoms with Gasteiger partial charge in [0.05, 0.1) is 0 Å². The van der Waals surface area contributed by atoms with Gasteiger partial charge in [-0.25, -0.2) is 9.48 Å². The second kappa shape index (κ2) is 6.87. The van der Waals surface area contributed by atoms with Gasteiger partial charge in [-0.2, -0.15) is 0 Å². The van der Waals surface area contributed by atoms with Crippen LogP contribution in [-0.4, -0.2) is 36.2 Å². The van der Waals surface area contributed by atoms with E-state index in [-0.39, 0.29) is 0 Å². The van der Waals surface area contributed by atoms with Gasteiger partial charge in [0, 0.05) is 11.8 Å². The van der Waals surface area contributed by atoms with Gasteiger partial charge in [-0.1, -0.05) is 41.5 Å². The number of rotatable bonds is 2. The number of allylic oxidation sites excluding steroid dienone is 4. The molecule has 0 aromatic heterocycles. The lowest BCUT2D eigenvalue weighted by atomic mass is 9.47. The summed E-state index contributed by atoms with van der Waals surface area (Å²) in [5.41, 5.74) is 4.26. The van der Waals surface area contributed by atoms with Gasteiger partial charge in [0.2, 0.25) is 6.34 Å². The third-order valence-electron chi connectivity index (χ3n) is 9.25. The van der Waals surface area contributed by atoms with Gasteiger partial charge < -0.3 is 17.3 Å². The van der Waals surface area contributed by atoms with Crippen LogP contribution in [0.3, 0.4) is 0 Å². The molecule has 0 radical (unpaired) electrons. The molecular formula is C23H35BF4N2. The highest BCUT2D eigenvalue weighted by atomic mass is 19.5. The molecule has 7 aliphatic rings. The number of fused-ring (bicyclic) bond motifs is 2. The average molecular weight is 426 g/mol. The Labute approximate surface area is 178 Å². The summed E-state index contributed by atoms with van der Waals surface area (Å²) in [4.78, 5) is 2.58. The molecule has 168 valence electrons. The molecule has 0 saturated heterocycles. The first-order valence-electron chi connectivity index (χ1n) is 11.4. The number of nitrogens with zero attached hydrogens (tertiary/aromatic N) is 2. The van der Waals surface area contributed by atoms with E-state index in [0.29, 0.717) is 22.7 Å². The molecular weight excluding hydrogens is 391 g/mol. The number of halogens is 4. The third-order valence-corrected chi connectivity index (χ3v) is 9.25. The predicted octanol–water partition coefficient (Wildman–Crippen LogP) is 6.03. The van der Waals surface area contributed by atoms with Gasteiger partial charge in [-0.15, -0.1) is 0 Å². The zero-order chi connectivity index (χ0) is 22.2. The molecule has 6 atom stereocenters. The van der Waals surface area contributed by atoms with Crippen LogP contribution in [0.25, 0.3) is 0 Å². The van der Waals surface area contributed by atoms with Gasteiger partial charge in [0.15, 0.2) is 0 Å². The van der Waals surface area contributed by atoms with Crippen molar-refractivity contribution in [1.29, 1.82) is 0 Å². The van der Waals surface area contributed by atoms with Crippen molar-refractivity contribution in [2.75, 3.05) is 13.1 Å². The van der Waals surface area contributed by atoms with Crippen molar-refractivity contribution in [3.05, 3.63) is 23.5 Å². The Morgan fingerprint density at radius 2 is 1.40 bits per heavy atom. The summed E-state index contributed by atoms with van der Waals surface area (Å²) in [5.74, 6) is 4.77. The molecule has 30 heavy (non-hydrogen) atoms. The van der Waals surface area contributed by atoms with Crippen molar-refractivity contribution in [2.24, 2.45) is 46.3 Å². The normalized spacial score (nSPS) is 40.2. The van der Waals surface area contributed by atoms with Crippen LogP contribution in [0.15, 0.2) is 23.5 Å². The molecule has 1 aliphatic heterocycles. The highest BCUT2D eigenvalue weighted by molar-refractivity contribution is 6.50. The van der Waals surface area contributed by atoms with Crippen LogP contribution in [0.4, 0.5) is 17.3 Å². The summed E-state index contributed by atoms with van der Waals surface area (Å²) in [6.07, 6.45) is 10.5. The molecule has 4 bridgehead atoms. The lowest BCUT2D eigenvalue weighted by molar-refractivity contribution is -0.475. The molecule has 7 rings (SSSR count). The van der Waals surface area contributed by atoms with Crippen LogP contribution in [0.1, 0.15) is 54.4 Å². The highest BCUT2D eigenvalue weighted by Gasteiger charge is 2.56. The molecule has 0 aromatic carbocycles. The summed E-state index contributed by atoms with van der Waals surface area (Å²) in [7, 11) is -6.00. The predicted molar refractivity (Wildman–Crippen MR) is 113 cm³/mol. The topological polar surface area (TPSA) is 6.25 Å². The van der Waals surface area contributed by atoms with E-state index < -0.39 is 7.25 Å². The summed E-state index contributed by atoms with van der Waals surface area (Å²) in [6.45, 7) is 17.1. The number of hydrogen-bond donors (Lipinski definition) is 0. The maximum Gasteiger partial charge on any atom is 0.673 e. The fraction of sp³-hybridized carbons (Fsp3) is 0.783. The van der Waals surface area contributed by atoms with Crippen LogP contribution in [0.5, 0.6) is 0 Å². The minimum atomic E-state index is -6.00. The summed E-state index contributed by atoms with van der Waals surface area (Å²) in [5, 5.41) is 0. The van der Waals surface area contributed by atoms with E-state index in [1.165, 1.54) is 25.9 Å². The van der Waals surface area contributed by atoms with Crippen molar-refractivity contribution in [1.82, 2.24) is 4.90 Å². The Kier molecular flexibility index (Phi) is 5.02. The van der Waals surface area contributed by atoms with Gasteiger partial charge in [-0.05, 0) is 59.5 Å². The molecule has 2 nitrogen and oxygen atoms in total. The lowest BCUT2D eigenvalue weighted by Gasteiger charge is -2.57. The number of hydrogen-bond acceptors (Lipinski definition) is 1. The average Bonchev–Trinajstić information content (AvgIpc) is 3.09. The zero-order valence-electron chi connectivity index (χ0n) is 19.0. The molecule has 0 amide bonds. The second-order valence-electron chi connectivity index (χ2n) is 11.3. The van der Waals surface area contributed by atoms with E-state index in [9.17, 15) is 17.3 Å². The Morgan fingerprint density at radius 3 is 1.87 bits per heavy atom. The SMILES string of the molecule is CC1C(N2C=[N+](C3=CC4CC(C3C)C4(C)C)CC2)=CC2CC1C2(C)C.F[B-](F)(F)F. The van der Waals surface area contributed by atoms with Crippen LogP contribution in [-0.2, 0) is 0 Å². The minimum Gasteiger partial charge on any atom is -0.418 e. The van der Waals surface area contributed by atoms with Gasteiger partial charge in [0.1, 0.15) is 24.5 Å². The summed E-state index contributed by atoms with van der Waals surface area (Å²) < 4.78 is 41.6. The smallest absolute Gasteiger partial charge is 0.418 e. The summed E-state index contributed by atoms with van der Waals surface area (Å²) in [6, 6.07) is 0. The van der Waals surface area contributed by atoms with Crippen molar-refractivity contribution in [3.63, 3.8) is 0 Å². The maximum absolute atomic E-state index is 9.75. The Balaban J connectivity index is 0.000000393. The highest BCUT2D eigenvalue weighted by Crippen LogP contribution is 2.61. The lowest BCUT2D eigenvalue weighted by Crippen LogP contribution is -2.52. The first-order chi connectivity index (χ1) is 13.7. The summed E-state index contributed by atoms with van der Waals surface area (Å²) >= 11 is 0.